The van der Waals surface area contributed by atoms with E-state index in [1.54, 1.807) is 16.7 Å². The van der Waals surface area contributed by atoms with Gasteiger partial charge in [0, 0.05) is 19.6 Å². The van der Waals surface area contributed by atoms with Gasteiger partial charge in [-0.25, -0.2) is 4.79 Å². The Morgan fingerprint density at radius 3 is 2.05 bits per heavy atom. The lowest BCUT2D eigenvalue weighted by molar-refractivity contribution is -0.122. The van der Waals surface area contributed by atoms with Gasteiger partial charge < -0.3 is 20.1 Å². The number of rotatable bonds is 14. The van der Waals surface area contributed by atoms with E-state index in [0.717, 1.165) is 45.3 Å². The Balaban J connectivity index is 1.15. The van der Waals surface area contributed by atoms with Gasteiger partial charge in [0.15, 0.2) is 0 Å². The van der Waals surface area contributed by atoms with E-state index in [1.165, 1.54) is 15.7 Å². The lowest BCUT2D eigenvalue weighted by Gasteiger charge is -2.34. The number of amides is 1. The molecule has 2 N–H and O–H groups in total. The molecule has 226 valence electrons. The first kappa shape index (κ1) is 30.4. The molecule has 1 fully saturated rings. The Hall–Kier alpha value is -4.05. The van der Waals surface area contributed by atoms with Crippen LogP contribution in [0, 0.1) is 0 Å². The number of unbranched alkanes of at least 4 members (excludes halogenated alkanes) is 1. The molecule has 0 unspecified atom stereocenters. The zero-order valence-corrected chi connectivity index (χ0v) is 24.5. The minimum atomic E-state index is -0.594. The van der Waals surface area contributed by atoms with Gasteiger partial charge in [-0.15, -0.1) is 0 Å². The summed E-state index contributed by atoms with van der Waals surface area (Å²) >= 11 is 0. The second kappa shape index (κ2) is 14.9. The monoisotopic (exact) mass is 584 g/mol. The molecule has 0 bridgehead atoms. The maximum atomic E-state index is 13.3. The number of nitrogens with two attached hydrogens (primary N) is 1. The van der Waals surface area contributed by atoms with Gasteiger partial charge in [-0.3, -0.25) is 18.7 Å². The van der Waals surface area contributed by atoms with E-state index in [2.05, 4.69) is 53.4 Å². The maximum Gasteiger partial charge on any atom is 0.331 e. The summed E-state index contributed by atoms with van der Waals surface area (Å²) in [5, 5.41) is 0.489. The van der Waals surface area contributed by atoms with E-state index in [4.69, 9.17) is 15.2 Å². The molecule has 9 heteroatoms. The van der Waals surface area contributed by atoms with Gasteiger partial charge in [0.25, 0.3) is 5.56 Å². The van der Waals surface area contributed by atoms with Gasteiger partial charge in [-0.1, -0.05) is 72.8 Å². The summed E-state index contributed by atoms with van der Waals surface area (Å²) in [7, 11) is 0. The number of carbonyl (C=O) groups is 1. The summed E-state index contributed by atoms with van der Waals surface area (Å²) in [6.45, 7) is 3.26. The Labute approximate surface area is 251 Å². The van der Waals surface area contributed by atoms with Crippen LogP contribution in [-0.2, 0) is 27.4 Å². The summed E-state index contributed by atoms with van der Waals surface area (Å²) in [4.78, 5) is 39.7. The summed E-state index contributed by atoms with van der Waals surface area (Å²) < 4.78 is 14.8. The van der Waals surface area contributed by atoms with Gasteiger partial charge in [-0.05, 0) is 55.5 Å². The summed E-state index contributed by atoms with van der Waals surface area (Å²) in [6, 6.07) is 28.0. The van der Waals surface area contributed by atoms with Crippen molar-refractivity contribution in [1.82, 2.24) is 14.0 Å². The molecular formula is C34H40N4O5. The van der Waals surface area contributed by atoms with Crippen molar-refractivity contribution in [2.75, 3.05) is 32.8 Å². The Morgan fingerprint density at radius 2 is 1.40 bits per heavy atom. The van der Waals surface area contributed by atoms with E-state index in [0.29, 0.717) is 17.4 Å². The molecule has 0 spiro atoms. The molecule has 43 heavy (non-hydrogen) atoms. The third-order valence-corrected chi connectivity index (χ3v) is 8.01. The largest absolute Gasteiger partial charge is 0.370 e. The van der Waals surface area contributed by atoms with Crippen molar-refractivity contribution < 1.29 is 14.3 Å². The summed E-state index contributed by atoms with van der Waals surface area (Å²) in [5.74, 6) is -0.594. The predicted molar refractivity (Wildman–Crippen MR) is 167 cm³/mol. The zero-order chi connectivity index (χ0) is 30.0. The molecule has 1 aliphatic heterocycles. The highest BCUT2D eigenvalue weighted by Gasteiger charge is 2.24. The first-order chi connectivity index (χ1) is 21.0. The van der Waals surface area contributed by atoms with Gasteiger partial charge in [0.2, 0.25) is 5.91 Å². The highest BCUT2D eigenvalue weighted by atomic mass is 16.5. The Kier molecular flexibility index (Phi) is 10.5. The maximum absolute atomic E-state index is 13.3. The normalized spacial score (nSPS) is 14.4. The van der Waals surface area contributed by atoms with Crippen LogP contribution in [0.1, 0.15) is 42.9 Å². The number of primary amides is 1. The number of nitrogens with zero attached hydrogens (tertiary/aromatic N) is 3. The first-order valence-corrected chi connectivity index (χ1v) is 15.1. The molecule has 0 saturated carbocycles. The van der Waals surface area contributed by atoms with Crippen LogP contribution in [0.4, 0.5) is 0 Å². The fourth-order valence-corrected chi connectivity index (χ4v) is 5.78. The fraction of sp³-hybridized carbons (Fsp3) is 0.382. The van der Waals surface area contributed by atoms with E-state index in [9.17, 15) is 14.4 Å². The van der Waals surface area contributed by atoms with Crippen molar-refractivity contribution >= 4 is 16.8 Å². The second-order valence-electron chi connectivity index (χ2n) is 11.0. The van der Waals surface area contributed by atoms with E-state index >= 15 is 0 Å². The molecule has 1 aliphatic rings. The number of hydrogen-bond donors (Lipinski definition) is 1. The molecule has 3 aromatic carbocycles. The van der Waals surface area contributed by atoms with Crippen LogP contribution < -0.4 is 17.0 Å². The van der Waals surface area contributed by atoms with Crippen molar-refractivity contribution in [3.8, 4) is 0 Å². The van der Waals surface area contributed by atoms with Crippen molar-refractivity contribution in [3.63, 3.8) is 0 Å². The van der Waals surface area contributed by atoms with Crippen LogP contribution in [-0.4, -0.2) is 58.9 Å². The molecule has 0 radical (unpaired) electrons. The molecule has 5 rings (SSSR count). The highest BCUT2D eigenvalue weighted by Crippen LogP contribution is 2.30. The predicted octanol–water partition coefficient (Wildman–Crippen LogP) is 3.72. The molecule has 2 heterocycles. The van der Waals surface area contributed by atoms with Gasteiger partial charge in [0.05, 0.1) is 30.2 Å². The lowest BCUT2D eigenvalue weighted by atomic mass is 10.00. The van der Waals surface area contributed by atoms with Crippen LogP contribution in [0.3, 0.4) is 0 Å². The van der Waals surface area contributed by atoms with E-state index in [-0.39, 0.29) is 43.2 Å². The minimum Gasteiger partial charge on any atom is -0.370 e. The average molecular weight is 585 g/mol. The van der Waals surface area contributed by atoms with Crippen LogP contribution >= 0.6 is 0 Å². The number of aromatic nitrogens is 2. The molecule has 0 aliphatic carbocycles. The summed E-state index contributed by atoms with van der Waals surface area (Å²) in [6.07, 6.45) is 3.81. The minimum absolute atomic E-state index is 0.0491. The number of likely N-dealkylation sites (tertiary alicyclic amines) is 1. The van der Waals surface area contributed by atoms with Crippen molar-refractivity contribution in [2.24, 2.45) is 5.73 Å². The molecular weight excluding hydrogens is 544 g/mol. The zero-order valence-electron chi connectivity index (χ0n) is 24.5. The smallest absolute Gasteiger partial charge is 0.331 e. The number of fused-ring (bicyclic) bond motifs is 1. The molecule has 1 saturated heterocycles. The number of ether oxygens (including phenoxy) is 2. The average Bonchev–Trinajstić information content (AvgIpc) is 3.04. The van der Waals surface area contributed by atoms with Crippen molar-refractivity contribution in [2.45, 2.75) is 51.0 Å². The van der Waals surface area contributed by atoms with E-state index < -0.39 is 5.91 Å². The van der Waals surface area contributed by atoms with Crippen LogP contribution in [0.15, 0.2) is 94.5 Å². The van der Waals surface area contributed by atoms with Crippen LogP contribution in [0.5, 0.6) is 0 Å². The first-order valence-electron chi connectivity index (χ1n) is 15.1. The molecule has 1 amide bonds. The molecule has 9 nitrogen and oxygen atoms in total. The van der Waals surface area contributed by atoms with Crippen LogP contribution in [0.2, 0.25) is 0 Å². The van der Waals surface area contributed by atoms with Gasteiger partial charge in [-0.2, -0.15) is 0 Å². The quantitative estimate of drug-likeness (QED) is 0.226. The molecule has 1 aromatic heterocycles. The number of benzene rings is 3. The number of carbonyl (C=O) groups excluding carboxylic acids is 1. The number of hydrogen-bond acceptors (Lipinski definition) is 6. The number of para-hydroxylation sites is 1. The third kappa shape index (κ3) is 7.87. The van der Waals surface area contributed by atoms with Gasteiger partial charge >= 0.3 is 5.69 Å². The van der Waals surface area contributed by atoms with Crippen molar-refractivity contribution in [3.05, 3.63) is 117 Å². The fourth-order valence-electron chi connectivity index (χ4n) is 5.78. The highest BCUT2D eigenvalue weighted by molar-refractivity contribution is 5.77. The standard InChI is InChI=1S/C34H40N4O5/c35-31(39)25-42-24-23-38-33(40)29-15-7-8-16-30(29)37(34(38)41)20-10-9-19-36-21-17-28(18-22-36)43-32(26-11-3-1-4-12-26)27-13-5-2-6-14-27/h1-8,11-16,28,32H,9-10,17-25H2,(H2,35,39). The topological polar surface area (TPSA) is 109 Å². The summed E-state index contributed by atoms with van der Waals surface area (Å²) in [5.41, 5.74) is 7.37. The lowest BCUT2D eigenvalue weighted by Crippen LogP contribution is -2.41. The SMILES string of the molecule is NC(=O)COCCn1c(=O)c2ccccc2n(CCCCN2CCC(OC(c3ccccc3)c3ccccc3)CC2)c1=O. The number of aryl methyl sites for hydroxylation is 1. The second-order valence-corrected chi connectivity index (χ2v) is 11.0. The third-order valence-electron chi connectivity index (χ3n) is 8.01. The van der Waals surface area contributed by atoms with E-state index in [1.807, 2.05) is 24.3 Å². The number of piperidine rings is 1. The Morgan fingerprint density at radius 1 is 0.791 bits per heavy atom. The Bertz CT molecular complexity index is 1550. The van der Waals surface area contributed by atoms with Crippen molar-refractivity contribution in [1.29, 1.82) is 0 Å². The van der Waals surface area contributed by atoms with Gasteiger partial charge in [0.1, 0.15) is 12.7 Å². The molecule has 4 aromatic rings. The van der Waals surface area contributed by atoms with Crippen LogP contribution in [0.25, 0.3) is 10.9 Å². The molecule has 0 atom stereocenters.